The van der Waals surface area contributed by atoms with Crippen molar-refractivity contribution in [3.63, 3.8) is 0 Å². The lowest BCUT2D eigenvalue weighted by molar-refractivity contribution is -0.674. The van der Waals surface area contributed by atoms with Gasteiger partial charge in [0.15, 0.2) is 11.0 Å². The summed E-state index contributed by atoms with van der Waals surface area (Å²) in [5.74, 6) is 2.16. The van der Waals surface area contributed by atoms with E-state index in [1.54, 1.807) is 11.8 Å². The number of fused-ring (bicyclic) bond motifs is 4. The molecule has 1 aromatic heterocycles. The Morgan fingerprint density at radius 1 is 1.10 bits per heavy atom. The average molecular weight is 618 g/mol. The maximum absolute atomic E-state index is 6.40. The Kier molecular flexibility index (Phi) is 11.1. The van der Waals surface area contributed by atoms with E-state index in [0.717, 1.165) is 47.2 Å². The molecule has 2 heterocycles. The second-order valence-electron chi connectivity index (χ2n) is 9.50. The van der Waals surface area contributed by atoms with Gasteiger partial charge in [-0.2, -0.15) is 25.3 Å². The van der Waals surface area contributed by atoms with Crippen LogP contribution in [-0.2, 0) is 13.1 Å². The lowest BCUT2D eigenvalue weighted by Gasteiger charge is -2.04. The molecule has 206 valence electrons. The zero-order chi connectivity index (χ0) is 27.9. The molecule has 0 fully saturated rings. The summed E-state index contributed by atoms with van der Waals surface area (Å²) in [7, 11) is 0. The van der Waals surface area contributed by atoms with Crippen LogP contribution < -0.4 is 9.88 Å². The van der Waals surface area contributed by atoms with Crippen LogP contribution in [0.1, 0.15) is 45.9 Å². The highest BCUT2D eigenvalue weighted by Gasteiger charge is 2.24. The highest BCUT2D eigenvalue weighted by Crippen LogP contribution is 2.44. The summed E-state index contributed by atoms with van der Waals surface area (Å²) in [5, 5.41) is 8.67. The molecule has 0 amide bonds. The average Bonchev–Trinajstić information content (AvgIpc) is 3.47. The molecule has 0 saturated carbocycles. The summed E-state index contributed by atoms with van der Waals surface area (Å²) in [4.78, 5) is 1.25. The Morgan fingerprint density at radius 2 is 1.87 bits per heavy atom. The number of halogens is 2. The number of allylic oxidation sites excluding steroid dienone is 2. The van der Waals surface area contributed by atoms with Crippen molar-refractivity contribution in [2.24, 2.45) is 0 Å². The number of rotatable bonds is 8. The Balaban J connectivity index is 0.000000648. The van der Waals surface area contributed by atoms with Crippen LogP contribution in [0.2, 0.25) is 10.0 Å². The maximum atomic E-state index is 6.40. The van der Waals surface area contributed by atoms with Crippen LogP contribution in [0.3, 0.4) is 0 Å². The number of hydrogen-bond acceptors (Lipinski definition) is 4. The number of unbranched alkanes of at least 4 members (excludes halogenated alkanes) is 1. The Morgan fingerprint density at radius 3 is 2.56 bits per heavy atom. The summed E-state index contributed by atoms with van der Waals surface area (Å²) >= 11 is 23.1. The number of thioether (sulfide) groups is 1. The number of aromatic nitrogens is 2. The van der Waals surface area contributed by atoms with E-state index in [1.807, 2.05) is 12.1 Å². The van der Waals surface area contributed by atoms with Crippen molar-refractivity contribution in [2.75, 3.05) is 11.1 Å². The standard InChI is InChI=1S/C27H25Cl2N3S2.C4H10S/c1-3-31-22-15-20(28)21(29)16-23(22)32(14-13-17(2)33)26(31)10-6-9-25-30-27-19-8-5-4-7-18(19)11-12-24(27)34-25;1-2-3-4-5/h4-12,15-17,33H,3,13-14H2,1-2H3;5H,2-4H2,1H3/p+1. The van der Waals surface area contributed by atoms with Gasteiger partial charge in [0.05, 0.1) is 33.9 Å². The monoisotopic (exact) mass is 616 g/mol. The molecule has 1 aliphatic heterocycles. The smallest absolute Gasteiger partial charge is 0.282 e. The van der Waals surface area contributed by atoms with Crippen molar-refractivity contribution in [2.45, 2.75) is 63.3 Å². The van der Waals surface area contributed by atoms with Gasteiger partial charge in [-0.3, -0.25) is 0 Å². The van der Waals surface area contributed by atoms with E-state index in [9.17, 15) is 0 Å². The molecule has 1 N–H and O–H groups in total. The van der Waals surface area contributed by atoms with Crippen LogP contribution in [0.5, 0.6) is 0 Å². The van der Waals surface area contributed by atoms with Gasteiger partial charge in [0.1, 0.15) is 0 Å². The van der Waals surface area contributed by atoms with Gasteiger partial charge in [-0.1, -0.05) is 91.6 Å². The molecule has 0 spiro atoms. The largest absolute Gasteiger partial charge is 0.349 e. The van der Waals surface area contributed by atoms with Crippen molar-refractivity contribution in [1.82, 2.24) is 4.57 Å². The third-order valence-electron chi connectivity index (χ3n) is 6.60. The molecule has 3 aromatic carbocycles. The molecule has 1 unspecified atom stereocenters. The molecule has 3 nitrogen and oxygen atoms in total. The number of thiol groups is 2. The molecule has 8 heteroatoms. The summed E-state index contributed by atoms with van der Waals surface area (Å²) in [6.45, 7) is 8.12. The van der Waals surface area contributed by atoms with Crippen molar-refractivity contribution in [3.05, 3.63) is 81.6 Å². The van der Waals surface area contributed by atoms with E-state index in [-0.39, 0.29) is 0 Å². The van der Waals surface area contributed by atoms with Crippen molar-refractivity contribution < 1.29 is 4.57 Å². The van der Waals surface area contributed by atoms with Gasteiger partial charge in [0.2, 0.25) is 0 Å². The fourth-order valence-corrected chi connectivity index (χ4v) is 6.29. The number of nitrogens with one attached hydrogen (secondary N) is 1. The van der Waals surface area contributed by atoms with Crippen LogP contribution in [0, 0.1) is 0 Å². The lowest BCUT2D eigenvalue weighted by Crippen LogP contribution is -2.37. The molecule has 0 radical (unpaired) electrons. The van der Waals surface area contributed by atoms with E-state index < -0.39 is 0 Å². The first kappa shape index (κ1) is 30.3. The van der Waals surface area contributed by atoms with E-state index in [0.29, 0.717) is 15.3 Å². The van der Waals surface area contributed by atoms with Crippen molar-refractivity contribution in [3.8, 4) is 0 Å². The first-order valence-corrected chi connectivity index (χ1v) is 16.1. The first-order valence-electron chi connectivity index (χ1n) is 13.4. The number of benzene rings is 3. The second-order valence-corrected chi connectivity index (χ2v) is 12.7. The van der Waals surface area contributed by atoms with Gasteiger partial charge in [-0.05, 0) is 43.0 Å². The number of imidazole rings is 1. The minimum atomic E-state index is 0.307. The number of nitrogens with zero attached hydrogens (tertiary/aromatic N) is 2. The van der Waals surface area contributed by atoms with Gasteiger partial charge in [-0.25, -0.2) is 9.13 Å². The van der Waals surface area contributed by atoms with Crippen LogP contribution in [-0.4, -0.2) is 15.6 Å². The third-order valence-corrected chi connectivity index (χ3v) is 8.92. The van der Waals surface area contributed by atoms with Gasteiger partial charge in [0.25, 0.3) is 5.82 Å². The molecular weight excluding hydrogens is 581 g/mol. The predicted molar refractivity (Wildman–Crippen MR) is 180 cm³/mol. The molecule has 0 aliphatic carbocycles. The minimum absolute atomic E-state index is 0.307. The highest BCUT2D eigenvalue weighted by molar-refractivity contribution is 8.03. The fourth-order valence-electron chi connectivity index (χ4n) is 4.60. The van der Waals surface area contributed by atoms with Gasteiger partial charge in [-0.15, -0.1) is 0 Å². The van der Waals surface area contributed by atoms with Crippen LogP contribution in [0.25, 0.3) is 27.9 Å². The van der Waals surface area contributed by atoms with Crippen LogP contribution >= 0.6 is 60.2 Å². The Hall–Kier alpha value is -1.70. The van der Waals surface area contributed by atoms with Gasteiger partial charge in [0, 0.05) is 33.7 Å². The highest BCUT2D eigenvalue weighted by atomic mass is 35.5. The molecule has 0 bridgehead atoms. The van der Waals surface area contributed by atoms with Gasteiger partial charge >= 0.3 is 0 Å². The molecular formula is C31H36Cl2N3S3+. The fraction of sp³-hybridized carbons (Fsp3) is 0.323. The maximum Gasteiger partial charge on any atom is 0.282 e. The zero-order valence-electron chi connectivity index (χ0n) is 22.6. The topological polar surface area (TPSA) is 20.8 Å². The zero-order valence-corrected chi connectivity index (χ0v) is 26.7. The molecule has 39 heavy (non-hydrogen) atoms. The van der Waals surface area contributed by atoms with Crippen molar-refractivity contribution >= 4 is 93.8 Å². The van der Waals surface area contributed by atoms with Crippen molar-refractivity contribution in [1.29, 1.82) is 0 Å². The minimum Gasteiger partial charge on any atom is -0.349 e. The summed E-state index contributed by atoms with van der Waals surface area (Å²) in [6.07, 6.45) is 9.91. The predicted octanol–water partition coefficient (Wildman–Crippen LogP) is 9.91. The van der Waals surface area contributed by atoms with Crippen LogP contribution in [0.4, 0.5) is 5.69 Å². The van der Waals surface area contributed by atoms with E-state index in [2.05, 4.69) is 115 Å². The number of aryl methyl sites for hydroxylation is 2. The second kappa shape index (κ2) is 14.3. The molecule has 4 aromatic rings. The molecule has 1 atom stereocenters. The molecule has 0 saturated heterocycles. The lowest BCUT2D eigenvalue weighted by atomic mass is 10.1. The Labute approximate surface area is 257 Å². The SMILES string of the molecule is CCCCS.CCn1c(/C=C/C=C2/Nc3c(ccc4ccccc34)S2)[n+](CCC(C)S)c2cc(Cl)c(Cl)cc21. The van der Waals surface area contributed by atoms with Gasteiger partial charge < -0.3 is 5.32 Å². The summed E-state index contributed by atoms with van der Waals surface area (Å²) in [6, 6.07) is 16.8. The summed E-state index contributed by atoms with van der Waals surface area (Å²) in [5.41, 5.74) is 3.36. The van der Waals surface area contributed by atoms with E-state index >= 15 is 0 Å². The molecule has 5 rings (SSSR count). The summed E-state index contributed by atoms with van der Waals surface area (Å²) < 4.78 is 4.60. The van der Waals surface area contributed by atoms with E-state index in [1.165, 1.54) is 34.2 Å². The third kappa shape index (κ3) is 7.15. The number of hydrogen-bond donors (Lipinski definition) is 3. The Bertz CT molecular complexity index is 1510. The normalized spacial score (nSPS) is 14.6. The van der Waals surface area contributed by atoms with E-state index in [4.69, 9.17) is 23.2 Å². The molecule has 1 aliphatic rings. The number of anilines is 1. The quantitative estimate of drug-likeness (QED) is 0.135. The first-order chi connectivity index (χ1) is 18.9. The van der Waals surface area contributed by atoms with Crippen LogP contribution in [0.15, 0.2) is 70.6 Å².